The molecule has 0 fully saturated rings. The van der Waals surface area contributed by atoms with E-state index in [2.05, 4.69) is 9.71 Å². The Morgan fingerprint density at radius 1 is 1.43 bits per heavy atom. The number of nitrogens with zero attached hydrogens (tertiary/aromatic N) is 2. The summed E-state index contributed by atoms with van der Waals surface area (Å²) in [5.41, 5.74) is 1.27. The van der Waals surface area contributed by atoms with E-state index in [1.165, 1.54) is 6.20 Å². The van der Waals surface area contributed by atoms with Crippen LogP contribution < -0.4 is 9.62 Å². The zero-order valence-corrected chi connectivity index (χ0v) is 9.17. The van der Waals surface area contributed by atoms with Crippen LogP contribution in [0.25, 0.3) is 0 Å². The lowest BCUT2D eigenvalue weighted by Crippen LogP contribution is -2.15. The summed E-state index contributed by atoms with van der Waals surface area (Å²) in [5.74, 6) is 0. The molecule has 1 heterocycles. The normalized spacial score (nSPS) is 11.1. The van der Waals surface area contributed by atoms with Crippen LogP contribution in [0.1, 0.15) is 0 Å². The highest BCUT2D eigenvalue weighted by atomic mass is 32.2. The molecule has 1 N–H and O–H groups in total. The summed E-state index contributed by atoms with van der Waals surface area (Å²) >= 11 is 0. The van der Waals surface area contributed by atoms with Crippen molar-refractivity contribution in [3.8, 4) is 0 Å². The number of sulfonamides is 1. The van der Waals surface area contributed by atoms with Gasteiger partial charge in [0, 0.05) is 20.3 Å². The summed E-state index contributed by atoms with van der Waals surface area (Å²) in [6.07, 6.45) is 4.21. The smallest absolute Gasteiger partial charge is 0.229 e. The first-order valence-corrected chi connectivity index (χ1v) is 5.88. The summed E-state index contributed by atoms with van der Waals surface area (Å²) < 4.78 is 24.4. The third-order valence-corrected chi connectivity index (χ3v) is 2.17. The number of pyridine rings is 1. The molecule has 5 nitrogen and oxygen atoms in total. The maximum Gasteiger partial charge on any atom is 0.229 e. The van der Waals surface area contributed by atoms with E-state index in [1.54, 1.807) is 12.3 Å². The van der Waals surface area contributed by atoms with Gasteiger partial charge in [0.05, 0.1) is 23.8 Å². The molecule has 1 aromatic heterocycles. The van der Waals surface area contributed by atoms with Crippen molar-refractivity contribution in [2.75, 3.05) is 30.0 Å². The van der Waals surface area contributed by atoms with Crippen LogP contribution >= 0.6 is 0 Å². The molecule has 0 aliphatic carbocycles. The molecule has 0 bridgehead atoms. The molecular formula is C8H13N3O2S. The number of hydrogen-bond acceptors (Lipinski definition) is 4. The molecule has 0 saturated heterocycles. The van der Waals surface area contributed by atoms with E-state index in [0.717, 1.165) is 11.9 Å². The van der Waals surface area contributed by atoms with Crippen molar-refractivity contribution in [1.29, 1.82) is 0 Å². The van der Waals surface area contributed by atoms with Gasteiger partial charge in [0.15, 0.2) is 0 Å². The Hall–Kier alpha value is -1.30. The number of hydrogen-bond donors (Lipinski definition) is 1. The van der Waals surface area contributed by atoms with Crippen molar-refractivity contribution in [2.45, 2.75) is 0 Å². The molecular weight excluding hydrogens is 202 g/mol. The Morgan fingerprint density at radius 3 is 2.57 bits per heavy atom. The van der Waals surface area contributed by atoms with E-state index in [9.17, 15) is 8.42 Å². The SMILES string of the molecule is CN(C)c1ccncc1NS(C)(=O)=O. The second-order valence-corrected chi connectivity index (χ2v) is 4.91. The fourth-order valence-corrected chi connectivity index (χ4v) is 1.61. The minimum atomic E-state index is -3.25. The molecule has 1 aromatic rings. The van der Waals surface area contributed by atoms with E-state index in [0.29, 0.717) is 5.69 Å². The van der Waals surface area contributed by atoms with Crippen molar-refractivity contribution in [3.63, 3.8) is 0 Å². The van der Waals surface area contributed by atoms with E-state index < -0.39 is 10.0 Å². The third kappa shape index (κ3) is 2.88. The van der Waals surface area contributed by atoms with E-state index in [-0.39, 0.29) is 0 Å². The molecule has 1 rings (SSSR count). The topological polar surface area (TPSA) is 62.3 Å². The van der Waals surface area contributed by atoms with Crippen LogP contribution in [-0.2, 0) is 10.0 Å². The van der Waals surface area contributed by atoms with Gasteiger partial charge < -0.3 is 4.90 Å². The summed E-state index contributed by atoms with van der Waals surface area (Å²) in [4.78, 5) is 5.67. The van der Waals surface area contributed by atoms with Crippen LogP contribution in [0.4, 0.5) is 11.4 Å². The van der Waals surface area contributed by atoms with Crippen LogP contribution in [0.5, 0.6) is 0 Å². The fraction of sp³-hybridized carbons (Fsp3) is 0.375. The lowest BCUT2D eigenvalue weighted by molar-refractivity contribution is 0.607. The lowest BCUT2D eigenvalue weighted by Gasteiger charge is -2.16. The Labute approximate surface area is 83.8 Å². The van der Waals surface area contributed by atoms with E-state index >= 15 is 0 Å². The first-order chi connectivity index (χ1) is 6.40. The van der Waals surface area contributed by atoms with Crippen LogP contribution in [0.15, 0.2) is 18.5 Å². The number of aromatic nitrogens is 1. The van der Waals surface area contributed by atoms with Gasteiger partial charge in [-0.05, 0) is 6.07 Å². The fourth-order valence-electron chi connectivity index (χ4n) is 1.06. The Morgan fingerprint density at radius 2 is 2.07 bits per heavy atom. The zero-order valence-electron chi connectivity index (χ0n) is 8.35. The van der Waals surface area contributed by atoms with Crippen LogP contribution in [0.2, 0.25) is 0 Å². The first-order valence-electron chi connectivity index (χ1n) is 3.99. The van der Waals surface area contributed by atoms with Gasteiger partial charge in [0.1, 0.15) is 0 Å². The maximum atomic E-state index is 11.0. The van der Waals surface area contributed by atoms with Gasteiger partial charge in [-0.3, -0.25) is 9.71 Å². The molecule has 0 spiro atoms. The highest BCUT2D eigenvalue weighted by molar-refractivity contribution is 7.92. The third-order valence-electron chi connectivity index (χ3n) is 1.58. The minimum absolute atomic E-state index is 0.486. The van der Waals surface area contributed by atoms with Gasteiger partial charge in [0.25, 0.3) is 0 Å². The molecule has 0 atom stereocenters. The Balaban J connectivity index is 3.08. The number of anilines is 2. The summed E-state index contributed by atoms with van der Waals surface area (Å²) in [6.45, 7) is 0. The predicted octanol–water partition coefficient (Wildman–Crippen LogP) is 0.519. The monoisotopic (exact) mass is 215 g/mol. The number of rotatable bonds is 3. The van der Waals surface area contributed by atoms with Crippen molar-refractivity contribution in [3.05, 3.63) is 18.5 Å². The second-order valence-electron chi connectivity index (χ2n) is 3.16. The van der Waals surface area contributed by atoms with Crippen molar-refractivity contribution >= 4 is 21.4 Å². The zero-order chi connectivity index (χ0) is 10.8. The standard InChI is InChI=1S/C8H13N3O2S/c1-11(2)8-4-5-9-6-7(8)10-14(3,12)13/h4-6,10H,1-3H3. The average Bonchev–Trinajstić information content (AvgIpc) is 2.01. The Bertz CT molecular complexity index is 414. The van der Waals surface area contributed by atoms with Gasteiger partial charge >= 0.3 is 0 Å². The van der Waals surface area contributed by atoms with Crippen LogP contribution in [0.3, 0.4) is 0 Å². The molecule has 14 heavy (non-hydrogen) atoms. The quantitative estimate of drug-likeness (QED) is 0.798. The molecule has 0 amide bonds. The van der Waals surface area contributed by atoms with Crippen molar-refractivity contribution < 1.29 is 8.42 Å². The van der Waals surface area contributed by atoms with Gasteiger partial charge in [-0.25, -0.2) is 8.42 Å². The molecule has 0 unspecified atom stereocenters. The summed E-state index contributed by atoms with van der Waals surface area (Å²) in [5, 5.41) is 0. The van der Waals surface area contributed by atoms with Gasteiger partial charge in [-0.1, -0.05) is 0 Å². The average molecular weight is 215 g/mol. The first kappa shape index (κ1) is 10.8. The maximum absolute atomic E-state index is 11.0. The Kier molecular flexibility index (Phi) is 2.95. The molecule has 0 aliphatic heterocycles. The molecule has 6 heteroatoms. The highest BCUT2D eigenvalue weighted by Crippen LogP contribution is 2.22. The van der Waals surface area contributed by atoms with Gasteiger partial charge in [0.2, 0.25) is 10.0 Å². The van der Waals surface area contributed by atoms with Gasteiger partial charge in [-0.15, -0.1) is 0 Å². The largest absolute Gasteiger partial charge is 0.376 e. The van der Waals surface area contributed by atoms with Crippen molar-refractivity contribution in [1.82, 2.24) is 4.98 Å². The molecule has 0 aliphatic rings. The summed E-state index contributed by atoms with van der Waals surface area (Å²) in [6, 6.07) is 1.74. The lowest BCUT2D eigenvalue weighted by atomic mass is 10.3. The molecule has 0 saturated carbocycles. The molecule has 0 radical (unpaired) electrons. The second kappa shape index (κ2) is 3.83. The van der Waals surface area contributed by atoms with Crippen molar-refractivity contribution in [2.24, 2.45) is 0 Å². The van der Waals surface area contributed by atoms with Crippen LogP contribution in [-0.4, -0.2) is 33.8 Å². The molecule has 78 valence electrons. The van der Waals surface area contributed by atoms with Crippen LogP contribution in [0, 0.1) is 0 Å². The highest BCUT2D eigenvalue weighted by Gasteiger charge is 2.08. The van der Waals surface area contributed by atoms with E-state index in [4.69, 9.17) is 0 Å². The minimum Gasteiger partial charge on any atom is -0.376 e. The van der Waals surface area contributed by atoms with E-state index in [1.807, 2.05) is 19.0 Å². The summed E-state index contributed by atoms with van der Waals surface area (Å²) in [7, 11) is 0.422. The van der Waals surface area contributed by atoms with Gasteiger partial charge in [-0.2, -0.15) is 0 Å². The predicted molar refractivity (Wildman–Crippen MR) is 57.0 cm³/mol. The number of nitrogens with one attached hydrogen (secondary N) is 1. The molecule has 0 aromatic carbocycles.